The number of benzene rings is 3. The van der Waals surface area contributed by atoms with Crippen LogP contribution in [0.3, 0.4) is 0 Å². The summed E-state index contributed by atoms with van der Waals surface area (Å²) in [4.78, 5) is 16.2. The monoisotopic (exact) mass is 342 g/mol. The van der Waals surface area contributed by atoms with E-state index in [0.29, 0.717) is 12.2 Å². The van der Waals surface area contributed by atoms with E-state index < -0.39 is 5.91 Å². The third-order valence-corrected chi connectivity index (χ3v) is 4.41. The minimum atomic E-state index is -0.443. The molecule has 3 aromatic carbocycles. The lowest BCUT2D eigenvalue weighted by molar-refractivity contribution is 0.0995. The Morgan fingerprint density at radius 2 is 1.54 bits per heavy atom. The summed E-state index contributed by atoms with van der Waals surface area (Å²) in [7, 11) is 0. The molecule has 0 aliphatic heterocycles. The smallest absolute Gasteiger partial charge is 0.296 e. The van der Waals surface area contributed by atoms with Crippen LogP contribution >= 0.6 is 0 Å². The van der Waals surface area contributed by atoms with Gasteiger partial charge in [-0.3, -0.25) is 4.79 Å². The Hall–Kier alpha value is -3.60. The van der Waals surface area contributed by atoms with Gasteiger partial charge in [-0.25, -0.2) is 0 Å². The van der Waals surface area contributed by atoms with Crippen molar-refractivity contribution < 1.29 is 4.79 Å². The maximum absolute atomic E-state index is 12.5. The summed E-state index contributed by atoms with van der Waals surface area (Å²) in [5, 5.41) is 3.33. The van der Waals surface area contributed by atoms with Crippen molar-refractivity contribution in [2.75, 3.05) is 0 Å². The van der Waals surface area contributed by atoms with E-state index >= 15 is 0 Å². The molecule has 26 heavy (non-hydrogen) atoms. The molecule has 0 unspecified atom stereocenters. The fourth-order valence-electron chi connectivity index (χ4n) is 3.25. The molecule has 5 nitrogen and oxygen atoms in total. The van der Waals surface area contributed by atoms with Crippen molar-refractivity contribution in [3.8, 4) is 0 Å². The molecule has 4 rings (SSSR count). The fraction of sp³-hybridized carbons (Fsp3) is 0.0476. The molecule has 128 valence electrons. The van der Waals surface area contributed by atoms with E-state index in [9.17, 15) is 4.79 Å². The molecule has 0 fully saturated rings. The number of amides is 1. The van der Waals surface area contributed by atoms with Crippen molar-refractivity contribution in [3.05, 3.63) is 84.1 Å². The molecule has 1 heterocycles. The number of hydrogen-bond acceptors (Lipinski definition) is 1. The predicted octanol–water partition coefficient (Wildman–Crippen LogP) is 3.26. The number of aromatic nitrogens is 1. The van der Waals surface area contributed by atoms with Crippen molar-refractivity contribution in [2.24, 2.45) is 16.5 Å². The SMILES string of the molecule is NC(N)=NC(=O)c1cc2ccccc2n1Cc1ccc2ccccc2c1. The number of hydrogen-bond donors (Lipinski definition) is 2. The minimum Gasteiger partial charge on any atom is -0.370 e. The van der Waals surface area contributed by atoms with E-state index in [1.165, 1.54) is 10.8 Å². The summed E-state index contributed by atoms with van der Waals surface area (Å²) in [6, 6.07) is 24.2. The summed E-state index contributed by atoms with van der Waals surface area (Å²) in [6.07, 6.45) is 0. The fourth-order valence-corrected chi connectivity index (χ4v) is 3.25. The van der Waals surface area contributed by atoms with Gasteiger partial charge in [0.05, 0.1) is 0 Å². The number of carbonyl (C=O) groups is 1. The van der Waals surface area contributed by atoms with Crippen LogP contribution in [0.1, 0.15) is 16.1 Å². The topological polar surface area (TPSA) is 86.4 Å². The Balaban J connectivity index is 1.83. The van der Waals surface area contributed by atoms with E-state index in [1.54, 1.807) is 0 Å². The summed E-state index contributed by atoms with van der Waals surface area (Å²) in [5.74, 6) is -0.681. The molecule has 0 saturated carbocycles. The summed E-state index contributed by atoms with van der Waals surface area (Å²) >= 11 is 0. The standard InChI is InChI=1S/C21H18N4O/c22-21(23)24-20(26)19-12-17-7-3-4-8-18(17)25(19)13-14-9-10-15-5-1-2-6-16(15)11-14/h1-12H,13H2,(H4,22,23,24,26). The van der Waals surface area contributed by atoms with Crippen LogP contribution in [0, 0.1) is 0 Å². The van der Waals surface area contributed by atoms with E-state index in [1.807, 2.05) is 47.0 Å². The molecule has 0 aliphatic carbocycles. The Bertz CT molecular complexity index is 1150. The largest absolute Gasteiger partial charge is 0.370 e. The minimum absolute atomic E-state index is 0.238. The lowest BCUT2D eigenvalue weighted by Gasteiger charge is -2.10. The Morgan fingerprint density at radius 3 is 2.31 bits per heavy atom. The van der Waals surface area contributed by atoms with E-state index in [-0.39, 0.29) is 5.96 Å². The molecule has 0 atom stereocenters. The van der Waals surface area contributed by atoms with Gasteiger partial charge >= 0.3 is 0 Å². The van der Waals surface area contributed by atoms with Crippen LogP contribution in [0.5, 0.6) is 0 Å². The third-order valence-electron chi connectivity index (χ3n) is 4.41. The predicted molar refractivity (Wildman–Crippen MR) is 105 cm³/mol. The van der Waals surface area contributed by atoms with Crippen molar-refractivity contribution in [3.63, 3.8) is 0 Å². The molecule has 4 N–H and O–H groups in total. The molecule has 4 aromatic rings. The zero-order valence-electron chi connectivity index (χ0n) is 14.1. The van der Waals surface area contributed by atoms with Gasteiger partial charge in [0, 0.05) is 17.4 Å². The van der Waals surface area contributed by atoms with Crippen LogP contribution < -0.4 is 11.5 Å². The van der Waals surface area contributed by atoms with E-state index in [0.717, 1.165) is 16.5 Å². The number of nitrogens with two attached hydrogens (primary N) is 2. The Labute approximate surface area is 150 Å². The molecule has 1 aromatic heterocycles. The maximum atomic E-state index is 12.5. The Morgan fingerprint density at radius 1 is 0.846 bits per heavy atom. The number of guanidine groups is 1. The second-order valence-corrected chi connectivity index (χ2v) is 6.20. The van der Waals surface area contributed by atoms with Crippen molar-refractivity contribution in [1.82, 2.24) is 4.57 Å². The number of fused-ring (bicyclic) bond motifs is 2. The van der Waals surface area contributed by atoms with Crippen LogP contribution in [0.25, 0.3) is 21.7 Å². The first-order valence-corrected chi connectivity index (χ1v) is 8.32. The highest BCUT2D eigenvalue weighted by Gasteiger charge is 2.15. The molecule has 0 spiro atoms. The first-order valence-electron chi connectivity index (χ1n) is 8.32. The summed E-state index contributed by atoms with van der Waals surface area (Å²) in [5.41, 5.74) is 13.3. The summed E-state index contributed by atoms with van der Waals surface area (Å²) < 4.78 is 1.95. The average molecular weight is 342 g/mol. The van der Waals surface area contributed by atoms with E-state index in [2.05, 4.69) is 35.3 Å². The van der Waals surface area contributed by atoms with Gasteiger partial charge in [-0.1, -0.05) is 54.6 Å². The van der Waals surface area contributed by atoms with Crippen molar-refractivity contribution in [1.29, 1.82) is 0 Å². The van der Waals surface area contributed by atoms with Crippen LogP contribution in [0.15, 0.2) is 77.8 Å². The molecule has 0 bridgehead atoms. The van der Waals surface area contributed by atoms with Gasteiger partial charge in [-0.15, -0.1) is 0 Å². The first kappa shape index (κ1) is 15.9. The number of nitrogens with zero attached hydrogens (tertiary/aromatic N) is 2. The third kappa shape index (κ3) is 2.91. The zero-order valence-corrected chi connectivity index (χ0v) is 14.1. The quantitative estimate of drug-likeness (QED) is 0.442. The highest BCUT2D eigenvalue weighted by Crippen LogP contribution is 2.23. The molecule has 0 radical (unpaired) electrons. The van der Waals surface area contributed by atoms with Gasteiger partial charge in [-0.05, 0) is 34.5 Å². The van der Waals surface area contributed by atoms with Crippen LogP contribution in [0.4, 0.5) is 0 Å². The molecule has 1 amide bonds. The lowest BCUT2D eigenvalue weighted by atomic mass is 10.1. The van der Waals surface area contributed by atoms with Crippen molar-refractivity contribution in [2.45, 2.75) is 6.54 Å². The maximum Gasteiger partial charge on any atom is 0.296 e. The number of rotatable bonds is 3. The zero-order chi connectivity index (χ0) is 18.1. The van der Waals surface area contributed by atoms with Gasteiger partial charge in [0.25, 0.3) is 5.91 Å². The normalized spacial score (nSPS) is 10.9. The molecule has 0 aliphatic rings. The molecule has 5 heteroatoms. The van der Waals surface area contributed by atoms with Gasteiger partial charge < -0.3 is 16.0 Å². The second kappa shape index (κ2) is 6.37. The lowest BCUT2D eigenvalue weighted by Crippen LogP contribution is -2.24. The van der Waals surface area contributed by atoms with Gasteiger partial charge in [0.1, 0.15) is 5.69 Å². The van der Waals surface area contributed by atoms with Crippen LogP contribution in [0.2, 0.25) is 0 Å². The highest BCUT2D eigenvalue weighted by atomic mass is 16.1. The van der Waals surface area contributed by atoms with Gasteiger partial charge in [0.2, 0.25) is 0 Å². The number of para-hydroxylation sites is 1. The number of carbonyl (C=O) groups excluding carboxylic acids is 1. The van der Waals surface area contributed by atoms with Gasteiger partial charge in [0.15, 0.2) is 5.96 Å². The van der Waals surface area contributed by atoms with Gasteiger partial charge in [-0.2, -0.15) is 4.99 Å². The second-order valence-electron chi connectivity index (χ2n) is 6.20. The van der Waals surface area contributed by atoms with E-state index in [4.69, 9.17) is 11.5 Å². The number of aliphatic imine (C=N–C) groups is 1. The van der Waals surface area contributed by atoms with Crippen molar-refractivity contribution >= 4 is 33.5 Å². The van der Waals surface area contributed by atoms with Crippen LogP contribution in [-0.4, -0.2) is 16.4 Å². The first-order chi connectivity index (χ1) is 12.6. The summed E-state index contributed by atoms with van der Waals surface area (Å²) in [6.45, 7) is 0.555. The molecule has 0 saturated heterocycles. The highest BCUT2D eigenvalue weighted by molar-refractivity contribution is 6.04. The molecular weight excluding hydrogens is 324 g/mol. The Kier molecular flexibility index (Phi) is 3.89. The average Bonchev–Trinajstić information content (AvgIpc) is 3.00. The molecular formula is C21H18N4O. The van der Waals surface area contributed by atoms with Crippen LogP contribution in [-0.2, 0) is 6.54 Å².